The molecule has 9 heteroatoms. The first-order valence-corrected chi connectivity index (χ1v) is 11.8. The average Bonchev–Trinajstić information content (AvgIpc) is 3.44. The Labute approximate surface area is 179 Å². The minimum atomic E-state index is 0.0550. The number of anilines is 2. The zero-order valence-electron chi connectivity index (χ0n) is 15.6. The van der Waals surface area contributed by atoms with Gasteiger partial charge in [0.2, 0.25) is 5.91 Å². The number of amides is 1. The van der Waals surface area contributed by atoms with E-state index >= 15 is 0 Å². The number of nitrogens with two attached hydrogens (primary N) is 1. The fourth-order valence-corrected chi connectivity index (χ4v) is 5.62. The molecule has 2 N–H and O–H groups in total. The van der Waals surface area contributed by atoms with Crippen molar-refractivity contribution in [1.82, 2.24) is 15.0 Å². The van der Waals surface area contributed by atoms with Gasteiger partial charge in [0.05, 0.1) is 21.8 Å². The van der Waals surface area contributed by atoms with Gasteiger partial charge in [-0.2, -0.15) is 0 Å². The Kier molecular flexibility index (Phi) is 4.73. The maximum absolute atomic E-state index is 12.8. The zero-order chi connectivity index (χ0) is 20.0. The number of nitrogens with zero attached hydrogens (tertiary/aromatic N) is 4. The highest BCUT2D eigenvalue weighted by Crippen LogP contribution is 2.33. The molecule has 5 rings (SSSR count). The van der Waals surface area contributed by atoms with Crippen LogP contribution in [-0.2, 0) is 11.2 Å². The van der Waals surface area contributed by atoms with Crippen LogP contribution in [0.15, 0.2) is 40.2 Å². The number of hydrogen-bond acceptors (Lipinski definition) is 8. The largest absolute Gasteiger partial charge is 0.383 e. The monoisotopic (exact) mass is 439 g/mol. The van der Waals surface area contributed by atoms with E-state index in [4.69, 9.17) is 5.73 Å². The van der Waals surface area contributed by atoms with Crippen molar-refractivity contribution in [2.75, 3.05) is 22.9 Å². The van der Waals surface area contributed by atoms with Crippen LogP contribution in [-0.4, -0.2) is 33.2 Å². The zero-order valence-corrected chi connectivity index (χ0v) is 18.0. The second kappa shape index (κ2) is 7.40. The van der Waals surface area contributed by atoms with Crippen LogP contribution < -0.4 is 10.6 Å². The first-order valence-electron chi connectivity index (χ1n) is 9.08. The Morgan fingerprint density at radius 3 is 2.97 bits per heavy atom. The molecule has 0 saturated carbocycles. The molecule has 1 aliphatic heterocycles. The summed E-state index contributed by atoms with van der Waals surface area (Å²) in [5.41, 5.74) is 10.3. The molecule has 0 spiro atoms. The van der Waals surface area contributed by atoms with E-state index in [0.717, 1.165) is 38.6 Å². The van der Waals surface area contributed by atoms with Gasteiger partial charge in [-0.25, -0.2) is 15.0 Å². The predicted molar refractivity (Wildman–Crippen MR) is 121 cm³/mol. The first-order chi connectivity index (χ1) is 14.1. The number of carbonyl (C=O) groups is 1. The highest BCUT2D eigenvalue weighted by atomic mass is 32.2. The molecule has 1 aliphatic rings. The van der Waals surface area contributed by atoms with Crippen LogP contribution in [0.4, 0.5) is 11.5 Å². The second-order valence-electron chi connectivity index (χ2n) is 6.71. The van der Waals surface area contributed by atoms with Crippen LogP contribution >= 0.6 is 34.4 Å². The number of aryl methyl sites for hydroxylation is 1. The van der Waals surface area contributed by atoms with E-state index in [2.05, 4.69) is 26.4 Å². The van der Waals surface area contributed by atoms with Gasteiger partial charge in [0.1, 0.15) is 10.6 Å². The highest BCUT2D eigenvalue weighted by Gasteiger charge is 2.25. The minimum Gasteiger partial charge on any atom is -0.383 e. The predicted octanol–water partition coefficient (Wildman–Crippen LogP) is 4.39. The molecule has 29 heavy (non-hydrogen) atoms. The Morgan fingerprint density at radius 1 is 1.24 bits per heavy atom. The topological polar surface area (TPSA) is 85.0 Å². The van der Waals surface area contributed by atoms with Crippen molar-refractivity contribution < 1.29 is 4.79 Å². The van der Waals surface area contributed by atoms with E-state index in [-0.39, 0.29) is 11.7 Å². The van der Waals surface area contributed by atoms with Gasteiger partial charge in [-0.05, 0) is 42.5 Å². The van der Waals surface area contributed by atoms with E-state index in [1.165, 1.54) is 28.7 Å². The van der Waals surface area contributed by atoms with Crippen molar-refractivity contribution in [2.24, 2.45) is 0 Å². The van der Waals surface area contributed by atoms with E-state index in [1.807, 2.05) is 35.4 Å². The molecule has 146 valence electrons. The number of thiophene rings is 1. The maximum atomic E-state index is 12.8. The van der Waals surface area contributed by atoms with E-state index < -0.39 is 0 Å². The summed E-state index contributed by atoms with van der Waals surface area (Å²) in [7, 11) is 0. The molecule has 1 amide bonds. The molecule has 0 radical (unpaired) electrons. The summed E-state index contributed by atoms with van der Waals surface area (Å²) in [5.74, 6) is 0.796. The van der Waals surface area contributed by atoms with E-state index in [0.29, 0.717) is 17.5 Å². The van der Waals surface area contributed by atoms with Crippen molar-refractivity contribution in [3.8, 4) is 11.3 Å². The highest BCUT2D eigenvalue weighted by molar-refractivity contribution is 7.99. The van der Waals surface area contributed by atoms with Crippen LogP contribution in [0.5, 0.6) is 0 Å². The van der Waals surface area contributed by atoms with E-state index in [9.17, 15) is 4.79 Å². The third-order valence-corrected chi connectivity index (χ3v) is 7.26. The Balaban J connectivity index is 1.31. The van der Waals surface area contributed by atoms with Gasteiger partial charge < -0.3 is 10.6 Å². The number of nitrogen functional groups attached to an aromatic ring is 1. The summed E-state index contributed by atoms with van der Waals surface area (Å²) < 4.78 is 0. The molecular formula is C20H17N5OS3. The fourth-order valence-electron chi connectivity index (χ4n) is 3.44. The molecule has 0 aliphatic carbocycles. The quantitative estimate of drug-likeness (QED) is 0.375. The number of thiazole rings is 1. The second-order valence-corrected chi connectivity index (χ2v) is 9.61. The van der Waals surface area contributed by atoms with Crippen LogP contribution in [0.25, 0.3) is 21.5 Å². The lowest BCUT2D eigenvalue weighted by Crippen LogP contribution is -2.30. The maximum Gasteiger partial charge on any atom is 0.237 e. The summed E-state index contributed by atoms with van der Waals surface area (Å²) in [6.45, 7) is 2.70. The third-order valence-electron chi connectivity index (χ3n) is 4.85. The van der Waals surface area contributed by atoms with Crippen molar-refractivity contribution in [3.05, 3.63) is 45.6 Å². The lowest BCUT2D eigenvalue weighted by molar-refractivity contribution is -0.116. The van der Waals surface area contributed by atoms with Crippen molar-refractivity contribution >= 4 is 62.1 Å². The molecule has 0 saturated heterocycles. The summed E-state index contributed by atoms with van der Waals surface area (Å²) in [6.07, 6.45) is 0.854. The SMILES string of the molecule is Cc1nc(-c2ccc3c(c2)CCN3C(=O)CSc2nc(N)c3ccsc3n2)cs1. The Morgan fingerprint density at radius 2 is 2.14 bits per heavy atom. The number of aromatic nitrogens is 3. The van der Waals surface area contributed by atoms with Gasteiger partial charge >= 0.3 is 0 Å². The molecular weight excluding hydrogens is 422 g/mol. The number of fused-ring (bicyclic) bond motifs is 2. The third kappa shape index (κ3) is 3.50. The van der Waals surface area contributed by atoms with E-state index in [1.54, 1.807) is 11.3 Å². The summed E-state index contributed by atoms with van der Waals surface area (Å²) in [5, 5.41) is 6.47. The molecule has 0 unspecified atom stereocenters. The first kappa shape index (κ1) is 18.5. The molecule has 3 aromatic heterocycles. The Bertz CT molecular complexity index is 1230. The standard InChI is InChI=1S/C20H17N5OS3/c1-11-22-15(9-28-11)12-2-3-16-13(8-12)4-6-25(16)17(26)10-29-20-23-18(21)14-5-7-27-19(14)24-20/h2-3,5,7-9H,4,6,10H2,1H3,(H2,21,23,24). The van der Waals surface area contributed by atoms with Gasteiger partial charge in [-0.15, -0.1) is 22.7 Å². The fraction of sp³-hybridized carbons (Fsp3) is 0.200. The lowest BCUT2D eigenvalue weighted by atomic mass is 10.1. The lowest BCUT2D eigenvalue weighted by Gasteiger charge is -2.17. The van der Waals surface area contributed by atoms with Crippen molar-refractivity contribution in [3.63, 3.8) is 0 Å². The molecule has 1 aromatic carbocycles. The van der Waals surface area contributed by atoms with Crippen molar-refractivity contribution in [1.29, 1.82) is 0 Å². The van der Waals surface area contributed by atoms with Crippen LogP contribution in [0.3, 0.4) is 0 Å². The van der Waals surface area contributed by atoms with Crippen molar-refractivity contribution in [2.45, 2.75) is 18.5 Å². The molecule has 0 bridgehead atoms. The molecule has 4 heterocycles. The Hall–Kier alpha value is -2.49. The van der Waals surface area contributed by atoms with Crippen LogP contribution in [0.2, 0.25) is 0 Å². The number of rotatable bonds is 4. The van der Waals surface area contributed by atoms with Gasteiger partial charge in [0.15, 0.2) is 5.16 Å². The normalized spacial score (nSPS) is 13.2. The van der Waals surface area contributed by atoms with Gasteiger partial charge in [0.25, 0.3) is 0 Å². The number of thioether (sulfide) groups is 1. The van der Waals surface area contributed by atoms with Gasteiger partial charge in [-0.1, -0.05) is 17.8 Å². The minimum absolute atomic E-state index is 0.0550. The molecule has 0 atom stereocenters. The summed E-state index contributed by atoms with van der Waals surface area (Å²) >= 11 is 4.50. The van der Waals surface area contributed by atoms with Crippen LogP contribution in [0, 0.1) is 6.92 Å². The molecule has 4 aromatic rings. The summed E-state index contributed by atoms with van der Waals surface area (Å²) in [6, 6.07) is 8.14. The molecule has 6 nitrogen and oxygen atoms in total. The van der Waals surface area contributed by atoms with Crippen LogP contribution in [0.1, 0.15) is 10.6 Å². The van der Waals surface area contributed by atoms with Gasteiger partial charge in [-0.3, -0.25) is 4.79 Å². The smallest absolute Gasteiger partial charge is 0.237 e. The molecule has 0 fully saturated rings. The number of benzene rings is 1. The number of hydrogen-bond donors (Lipinski definition) is 1. The summed E-state index contributed by atoms with van der Waals surface area (Å²) in [4.78, 5) is 28.9. The average molecular weight is 440 g/mol. The van der Waals surface area contributed by atoms with Gasteiger partial charge in [0, 0.05) is 23.2 Å². The number of carbonyl (C=O) groups excluding carboxylic acids is 1.